The Hall–Kier alpha value is -1.75. The molecule has 0 unspecified atom stereocenters. The number of aliphatic hydroxyl groups excluding tert-OH is 1. The van der Waals surface area contributed by atoms with E-state index in [0.717, 1.165) is 25.0 Å². The molecule has 1 aliphatic rings. The van der Waals surface area contributed by atoms with E-state index in [1.807, 2.05) is 0 Å². The third-order valence-electron chi connectivity index (χ3n) is 3.63. The number of hydrogen-bond acceptors (Lipinski definition) is 2. The molecule has 1 aromatic carbocycles. The number of aliphatic hydroxyl groups is 1. The number of nitrogens with one attached hydrogen (secondary N) is 1. The number of benzene rings is 1. The van der Waals surface area contributed by atoms with E-state index in [1.54, 1.807) is 6.92 Å². The second-order valence-corrected chi connectivity index (χ2v) is 5.33. The summed E-state index contributed by atoms with van der Waals surface area (Å²) in [4.78, 5) is 11.7. The minimum absolute atomic E-state index is 0.0581. The van der Waals surface area contributed by atoms with Gasteiger partial charge in [0.05, 0.1) is 6.61 Å². The van der Waals surface area contributed by atoms with Crippen LogP contribution in [0.1, 0.15) is 25.3 Å². The van der Waals surface area contributed by atoms with Gasteiger partial charge in [0.25, 0.3) is 0 Å². The highest BCUT2D eigenvalue weighted by Gasteiger charge is 2.41. The zero-order chi connectivity index (χ0) is 14.8. The fraction of sp³-hybridized carbons (Fsp3) is 0.400. The van der Waals surface area contributed by atoms with Crippen LogP contribution in [0.4, 0.5) is 8.78 Å². The molecule has 0 atom stereocenters. The van der Waals surface area contributed by atoms with Crippen LogP contribution in [0.5, 0.6) is 0 Å². The normalized spacial score (nSPS) is 16.9. The molecule has 108 valence electrons. The van der Waals surface area contributed by atoms with E-state index in [4.69, 9.17) is 5.11 Å². The maximum atomic E-state index is 13.5. The van der Waals surface area contributed by atoms with Crippen LogP contribution < -0.4 is 5.32 Å². The molecule has 5 heteroatoms. The Morgan fingerprint density at radius 3 is 2.70 bits per heavy atom. The lowest BCUT2D eigenvalue weighted by atomic mass is 10.1. The minimum atomic E-state index is -0.694. The lowest BCUT2D eigenvalue weighted by Crippen LogP contribution is -2.30. The van der Waals surface area contributed by atoms with Crippen molar-refractivity contribution in [2.75, 3.05) is 13.2 Å². The molecule has 2 N–H and O–H groups in total. The molecule has 0 aliphatic heterocycles. The van der Waals surface area contributed by atoms with Gasteiger partial charge in [-0.3, -0.25) is 4.79 Å². The standard InChI is InChI=1S/C15H17F2NO2/c1-10(12-3-2-11(16)7-13(12)17)6-14(20)18-8-15(9-19)4-5-15/h2-3,6-7,19H,4-5,8-9H2,1H3,(H,18,20)/b10-6-. The van der Waals surface area contributed by atoms with Gasteiger partial charge in [0.15, 0.2) is 0 Å². The van der Waals surface area contributed by atoms with Crippen molar-refractivity contribution in [2.45, 2.75) is 19.8 Å². The Morgan fingerprint density at radius 1 is 1.45 bits per heavy atom. The first-order valence-corrected chi connectivity index (χ1v) is 6.48. The van der Waals surface area contributed by atoms with Crippen molar-refractivity contribution in [1.82, 2.24) is 5.32 Å². The molecule has 2 rings (SSSR count). The van der Waals surface area contributed by atoms with Gasteiger partial charge in [-0.25, -0.2) is 8.78 Å². The van der Waals surface area contributed by atoms with Crippen LogP contribution >= 0.6 is 0 Å². The Morgan fingerprint density at radius 2 is 2.15 bits per heavy atom. The third kappa shape index (κ3) is 3.42. The maximum Gasteiger partial charge on any atom is 0.244 e. The van der Waals surface area contributed by atoms with Crippen LogP contribution in [0.15, 0.2) is 24.3 Å². The van der Waals surface area contributed by atoms with Gasteiger partial charge in [0.1, 0.15) is 11.6 Å². The number of carbonyl (C=O) groups is 1. The van der Waals surface area contributed by atoms with Gasteiger partial charge in [-0.2, -0.15) is 0 Å². The van der Waals surface area contributed by atoms with Crippen LogP contribution in [0.2, 0.25) is 0 Å². The molecular formula is C15H17F2NO2. The SMILES string of the molecule is C/C(=C/C(=O)NCC1(CO)CC1)c1ccc(F)cc1F. The number of hydrogen-bond donors (Lipinski definition) is 2. The number of halogens is 2. The predicted molar refractivity (Wildman–Crippen MR) is 71.8 cm³/mol. The van der Waals surface area contributed by atoms with Crippen molar-refractivity contribution < 1.29 is 18.7 Å². The quantitative estimate of drug-likeness (QED) is 0.813. The number of amides is 1. The Kier molecular flexibility index (Phi) is 4.18. The van der Waals surface area contributed by atoms with Crippen molar-refractivity contribution in [3.05, 3.63) is 41.5 Å². The summed E-state index contributed by atoms with van der Waals surface area (Å²) in [5.74, 6) is -1.69. The van der Waals surface area contributed by atoms with Crippen LogP contribution in [-0.4, -0.2) is 24.2 Å². The fourth-order valence-corrected chi connectivity index (χ4v) is 1.98. The molecule has 0 radical (unpaired) electrons. The molecule has 20 heavy (non-hydrogen) atoms. The predicted octanol–water partition coefficient (Wildman–Crippen LogP) is 2.26. The van der Waals surface area contributed by atoms with E-state index in [1.165, 1.54) is 12.1 Å². The zero-order valence-electron chi connectivity index (χ0n) is 11.2. The van der Waals surface area contributed by atoms with Crippen LogP contribution in [0.25, 0.3) is 5.57 Å². The van der Waals surface area contributed by atoms with E-state index in [2.05, 4.69) is 5.32 Å². The summed E-state index contributed by atoms with van der Waals surface area (Å²) in [5, 5.41) is 11.8. The average Bonchev–Trinajstić information content (AvgIpc) is 3.17. The van der Waals surface area contributed by atoms with Gasteiger partial charge in [0, 0.05) is 29.7 Å². The Labute approximate surface area is 116 Å². The van der Waals surface area contributed by atoms with Crippen molar-refractivity contribution in [3.8, 4) is 0 Å². The van der Waals surface area contributed by atoms with Gasteiger partial charge in [-0.05, 0) is 37.5 Å². The van der Waals surface area contributed by atoms with Crippen LogP contribution in [0, 0.1) is 17.0 Å². The van der Waals surface area contributed by atoms with Gasteiger partial charge < -0.3 is 10.4 Å². The number of allylic oxidation sites excluding steroid dienone is 1. The Balaban J connectivity index is 2.00. The smallest absolute Gasteiger partial charge is 0.244 e. The molecule has 1 aliphatic carbocycles. The van der Waals surface area contributed by atoms with Gasteiger partial charge in [-0.15, -0.1) is 0 Å². The van der Waals surface area contributed by atoms with Crippen LogP contribution in [0.3, 0.4) is 0 Å². The molecule has 0 aromatic heterocycles. The van der Waals surface area contributed by atoms with Gasteiger partial charge >= 0.3 is 0 Å². The van der Waals surface area contributed by atoms with E-state index in [-0.39, 0.29) is 23.5 Å². The summed E-state index contributed by atoms with van der Waals surface area (Å²) in [6, 6.07) is 3.24. The molecule has 1 aromatic rings. The lowest BCUT2D eigenvalue weighted by Gasteiger charge is -2.11. The summed E-state index contributed by atoms with van der Waals surface area (Å²) in [7, 11) is 0. The van der Waals surface area contributed by atoms with E-state index >= 15 is 0 Å². The first-order chi connectivity index (χ1) is 9.46. The molecular weight excluding hydrogens is 264 g/mol. The van der Waals surface area contributed by atoms with Crippen molar-refractivity contribution in [3.63, 3.8) is 0 Å². The summed E-state index contributed by atoms with van der Waals surface area (Å²) < 4.78 is 26.4. The van der Waals surface area contributed by atoms with E-state index < -0.39 is 11.6 Å². The first kappa shape index (κ1) is 14.7. The topological polar surface area (TPSA) is 49.3 Å². The molecule has 1 fully saturated rings. The molecule has 1 amide bonds. The summed E-state index contributed by atoms with van der Waals surface area (Å²) >= 11 is 0. The molecule has 0 spiro atoms. The van der Waals surface area contributed by atoms with Gasteiger partial charge in [0.2, 0.25) is 5.91 Å². The highest BCUT2D eigenvalue weighted by Crippen LogP contribution is 2.44. The largest absolute Gasteiger partial charge is 0.396 e. The second-order valence-electron chi connectivity index (χ2n) is 5.33. The molecule has 0 heterocycles. The fourth-order valence-electron chi connectivity index (χ4n) is 1.98. The monoisotopic (exact) mass is 281 g/mol. The van der Waals surface area contributed by atoms with Gasteiger partial charge in [-0.1, -0.05) is 0 Å². The summed E-state index contributed by atoms with van der Waals surface area (Å²) in [5.41, 5.74) is 0.456. The molecule has 3 nitrogen and oxygen atoms in total. The lowest BCUT2D eigenvalue weighted by molar-refractivity contribution is -0.116. The zero-order valence-corrected chi connectivity index (χ0v) is 11.2. The number of rotatable bonds is 5. The van der Waals surface area contributed by atoms with Crippen molar-refractivity contribution in [2.24, 2.45) is 5.41 Å². The minimum Gasteiger partial charge on any atom is -0.396 e. The maximum absolute atomic E-state index is 13.5. The van der Waals surface area contributed by atoms with Crippen molar-refractivity contribution >= 4 is 11.5 Å². The molecule has 0 bridgehead atoms. The van der Waals surface area contributed by atoms with Crippen molar-refractivity contribution in [1.29, 1.82) is 0 Å². The highest BCUT2D eigenvalue weighted by atomic mass is 19.1. The van der Waals surface area contributed by atoms with E-state index in [0.29, 0.717) is 12.1 Å². The average molecular weight is 281 g/mol. The number of carbonyl (C=O) groups excluding carboxylic acids is 1. The third-order valence-corrected chi connectivity index (χ3v) is 3.63. The second kappa shape index (κ2) is 5.71. The highest BCUT2D eigenvalue weighted by molar-refractivity contribution is 5.94. The Bertz CT molecular complexity index is 551. The summed E-state index contributed by atoms with van der Waals surface area (Å²) in [6.07, 6.45) is 3.09. The first-order valence-electron chi connectivity index (χ1n) is 6.48. The molecule has 1 saturated carbocycles. The van der Waals surface area contributed by atoms with E-state index in [9.17, 15) is 13.6 Å². The molecule has 0 saturated heterocycles. The summed E-state index contributed by atoms with van der Waals surface area (Å²) in [6.45, 7) is 2.06. The van der Waals surface area contributed by atoms with Crippen LogP contribution in [-0.2, 0) is 4.79 Å².